The van der Waals surface area contributed by atoms with Crippen molar-refractivity contribution in [3.05, 3.63) is 53.4 Å². The summed E-state index contributed by atoms with van der Waals surface area (Å²) in [4.78, 5) is 11.2. The van der Waals surface area contributed by atoms with E-state index in [-0.39, 0.29) is 21.9 Å². The smallest absolute Gasteiger partial charge is 0.335 e. The molecule has 124 valence electrons. The van der Waals surface area contributed by atoms with E-state index in [0.29, 0.717) is 5.39 Å². The van der Waals surface area contributed by atoms with E-state index in [2.05, 4.69) is 4.72 Å². The number of fused-ring (bicyclic) bond motifs is 1. The van der Waals surface area contributed by atoms with Gasteiger partial charge in [-0.1, -0.05) is 18.2 Å². The van der Waals surface area contributed by atoms with Crippen LogP contribution in [0.1, 0.15) is 10.4 Å². The standard InChI is InChI=1S/C16H13NO5S2/c1-22-13-8-10(16(18)19)6-7-12(13)17-24(20,21)15-9-23-14-5-3-2-4-11(14)15/h2-9,17H,1H3,(H,18,19). The van der Waals surface area contributed by atoms with Crippen molar-refractivity contribution >= 4 is 43.1 Å². The van der Waals surface area contributed by atoms with Crippen molar-refractivity contribution in [1.82, 2.24) is 0 Å². The normalized spacial score (nSPS) is 11.4. The summed E-state index contributed by atoms with van der Waals surface area (Å²) >= 11 is 1.34. The Hall–Kier alpha value is -2.58. The molecule has 1 heterocycles. The van der Waals surface area contributed by atoms with E-state index < -0.39 is 16.0 Å². The molecule has 0 fully saturated rings. The Morgan fingerprint density at radius 1 is 1.21 bits per heavy atom. The van der Waals surface area contributed by atoms with Crippen molar-refractivity contribution < 1.29 is 23.1 Å². The second-order valence-electron chi connectivity index (χ2n) is 4.92. The molecule has 0 unspecified atom stereocenters. The Morgan fingerprint density at radius 2 is 1.96 bits per heavy atom. The number of nitrogens with one attached hydrogen (secondary N) is 1. The fraction of sp³-hybridized carbons (Fsp3) is 0.0625. The third-order valence-electron chi connectivity index (χ3n) is 3.43. The highest BCUT2D eigenvalue weighted by atomic mass is 32.2. The fourth-order valence-electron chi connectivity index (χ4n) is 2.27. The molecule has 0 aliphatic carbocycles. The first kappa shape index (κ1) is 16.3. The van der Waals surface area contributed by atoms with Crippen LogP contribution in [0.3, 0.4) is 0 Å². The van der Waals surface area contributed by atoms with Crippen molar-refractivity contribution in [3.8, 4) is 5.75 Å². The van der Waals surface area contributed by atoms with Gasteiger partial charge in [-0.25, -0.2) is 13.2 Å². The first-order chi connectivity index (χ1) is 11.4. The molecule has 2 N–H and O–H groups in total. The predicted molar refractivity (Wildman–Crippen MR) is 92.6 cm³/mol. The van der Waals surface area contributed by atoms with Gasteiger partial charge in [-0.3, -0.25) is 4.72 Å². The number of rotatable bonds is 5. The maximum absolute atomic E-state index is 12.7. The van der Waals surface area contributed by atoms with Gasteiger partial charge < -0.3 is 9.84 Å². The molecule has 1 aromatic heterocycles. The summed E-state index contributed by atoms with van der Waals surface area (Å²) in [6.45, 7) is 0. The lowest BCUT2D eigenvalue weighted by Gasteiger charge is -2.12. The van der Waals surface area contributed by atoms with E-state index in [9.17, 15) is 13.2 Å². The van der Waals surface area contributed by atoms with E-state index in [1.807, 2.05) is 12.1 Å². The highest BCUT2D eigenvalue weighted by Gasteiger charge is 2.21. The monoisotopic (exact) mass is 363 g/mol. The highest BCUT2D eigenvalue weighted by molar-refractivity contribution is 7.93. The van der Waals surface area contributed by atoms with Crippen LogP contribution >= 0.6 is 11.3 Å². The first-order valence-electron chi connectivity index (χ1n) is 6.83. The molecule has 0 aliphatic heterocycles. The van der Waals surface area contributed by atoms with Crippen LogP contribution in [0.15, 0.2) is 52.7 Å². The van der Waals surface area contributed by atoms with Gasteiger partial charge in [-0.2, -0.15) is 0 Å². The molecular formula is C16H13NO5S2. The number of aromatic carboxylic acids is 1. The Labute approximate surface area is 142 Å². The Bertz CT molecular complexity index is 1020. The largest absolute Gasteiger partial charge is 0.495 e. The maximum Gasteiger partial charge on any atom is 0.335 e. The minimum atomic E-state index is -3.83. The Morgan fingerprint density at radius 3 is 2.67 bits per heavy atom. The Kier molecular flexibility index (Phi) is 4.16. The molecule has 0 saturated heterocycles. The van der Waals surface area contributed by atoms with Crippen LogP contribution in [0.2, 0.25) is 0 Å². The first-order valence-corrected chi connectivity index (χ1v) is 9.19. The summed E-state index contributed by atoms with van der Waals surface area (Å²) in [5.41, 5.74) is 0.188. The molecule has 0 atom stereocenters. The second-order valence-corrected chi connectivity index (χ2v) is 7.48. The molecule has 6 nitrogen and oxygen atoms in total. The van der Waals surface area contributed by atoms with E-state index in [1.54, 1.807) is 17.5 Å². The van der Waals surface area contributed by atoms with Gasteiger partial charge in [0.2, 0.25) is 0 Å². The number of carboxylic acid groups (broad SMARTS) is 1. The van der Waals surface area contributed by atoms with Crippen LogP contribution in [0.25, 0.3) is 10.1 Å². The fourth-order valence-corrected chi connectivity index (χ4v) is 4.84. The number of methoxy groups -OCH3 is 1. The minimum absolute atomic E-state index is 0.00998. The molecule has 2 aromatic carbocycles. The molecule has 0 saturated carbocycles. The van der Waals surface area contributed by atoms with Crippen molar-refractivity contribution in [2.24, 2.45) is 0 Å². The number of ether oxygens (including phenoxy) is 1. The zero-order chi connectivity index (χ0) is 17.3. The summed E-state index contributed by atoms with van der Waals surface area (Å²) in [6.07, 6.45) is 0. The van der Waals surface area contributed by atoms with E-state index >= 15 is 0 Å². The van der Waals surface area contributed by atoms with Gasteiger partial charge in [-0.15, -0.1) is 11.3 Å². The van der Waals surface area contributed by atoms with Crippen molar-refractivity contribution in [2.75, 3.05) is 11.8 Å². The number of anilines is 1. The van der Waals surface area contributed by atoms with Gasteiger partial charge in [0.05, 0.1) is 18.4 Å². The third kappa shape index (κ3) is 2.93. The topological polar surface area (TPSA) is 92.7 Å². The van der Waals surface area contributed by atoms with Gasteiger partial charge >= 0.3 is 5.97 Å². The molecule has 0 bridgehead atoms. The third-order valence-corrected chi connectivity index (χ3v) is 5.95. The van der Waals surface area contributed by atoms with Crippen molar-refractivity contribution in [2.45, 2.75) is 4.90 Å². The zero-order valence-electron chi connectivity index (χ0n) is 12.5. The molecular weight excluding hydrogens is 350 g/mol. The summed E-state index contributed by atoms with van der Waals surface area (Å²) < 4.78 is 33.8. The molecule has 0 amide bonds. The van der Waals surface area contributed by atoms with E-state index in [1.165, 1.54) is 36.6 Å². The number of hydrogen-bond acceptors (Lipinski definition) is 5. The van der Waals surface area contributed by atoms with Gasteiger partial charge in [0.1, 0.15) is 10.6 Å². The summed E-state index contributed by atoms with van der Waals surface area (Å²) in [5, 5.41) is 11.2. The molecule has 0 aliphatic rings. The maximum atomic E-state index is 12.7. The predicted octanol–water partition coefficient (Wildman–Crippen LogP) is 3.41. The minimum Gasteiger partial charge on any atom is -0.495 e. The van der Waals surface area contributed by atoms with Crippen molar-refractivity contribution in [3.63, 3.8) is 0 Å². The quantitative estimate of drug-likeness (QED) is 0.725. The number of benzene rings is 2. The summed E-state index contributed by atoms with van der Waals surface area (Å²) in [6, 6.07) is 11.2. The number of hydrogen-bond donors (Lipinski definition) is 2. The Balaban J connectivity index is 2.02. The molecule has 8 heteroatoms. The molecule has 24 heavy (non-hydrogen) atoms. The van der Waals surface area contributed by atoms with Crippen LogP contribution in [0.5, 0.6) is 5.75 Å². The van der Waals surface area contributed by atoms with E-state index in [0.717, 1.165) is 4.70 Å². The summed E-state index contributed by atoms with van der Waals surface area (Å²) in [5.74, 6) is -0.982. The number of carboxylic acids is 1. The average Bonchev–Trinajstić information content (AvgIpc) is 2.99. The van der Waals surface area contributed by atoms with Crippen molar-refractivity contribution in [1.29, 1.82) is 0 Å². The van der Waals surface area contributed by atoms with Crippen LogP contribution < -0.4 is 9.46 Å². The number of sulfonamides is 1. The SMILES string of the molecule is COc1cc(C(=O)O)ccc1NS(=O)(=O)c1csc2ccccc12. The van der Waals surface area contributed by atoms with Crippen LogP contribution in [-0.2, 0) is 10.0 Å². The van der Waals surface area contributed by atoms with Gasteiger partial charge in [0, 0.05) is 15.5 Å². The molecule has 0 radical (unpaired) electrons. The lowest BCUT2D eigenvalue weighted by atomic mass is 10.2. The average molecular weight is 363 g/mol. The zero-order valence-corrected chi connectivity index (χ0v) is 14.1. The number of carbonyl (C=O) groups is 1. The summed E-state index contributed by atoms with van der Waals surface area (Å²) in [7, 11) is -2.48. The van der Waals surface area contributed by atoms with E-state index in [4.69, 9.17) is 9.84 Å². The highest BCUT2D eigenvalue weighted by Crippen LogP contribution is 2.33. The van der Waals surface area contributed by atoms with Gasteiger partial charge in [-0.05, 0) is 24.3 Å². The molecule has 3 rings (SSSR count). The van der Waals surface area contributed by atoms with Crippen LogP contribution in [0, 0.1) is 0 Å². The lowest BCUT2D eigenvalue weighted by molar-refractivity contribution is 0.0696. The second kappa shape index (κ2) is 6.14. The number of thiophene rings is 1. The molecule has 3 aromatic rings. The van der Waals surface area contributed by atoms with Gasteiger partial charge in [0.25, 0.3) is 10.0 Å². The van der Waals surface area contributed by atoms with Gasteiger partial charge in [0.15, 0.2) is 0 Å². The molecule has 0 spiro atoms. The van der Waals surface area contributed by atoms with Crippen LogP contribution in [0.4, 0.5) is 5.69 Å². The lowest BCUT2D eigenvalue weighted by Crippen LogP contribution is -2.13. The van der Waals surface area contributed by atoms with Crippen LogP contribution in [-0.4, -0.2) is 26.6 Å².